The summed E-state index contributed by atoms with van der Waals surface area (Å²) < 4.78 is 5.25. The van der Waals surface area contributed by atoms with Crippen LogP contribution in [-0.2, 0) is 9.53 Å². The molecule has 4 N–H and O–H groups in total. The van der Waals surface area contributed by atoms with Crippen LogP contribution in [0.25, 0.3) is 0 Å². The summed E-state index contributed by atoms with van der Waals surface area (Å²) in [6.07, 6.45) is -1.71. The Kier molecular flexibility index (Phi) is 5.63. The van der Waals surface area contributed by atoms with Crippen molar-refractivity contribution in [2.24, 2.45) is 0 Å². The summed E-state index contributed by atoms with van der Waals surface area (Å²) in [6.45, 7) is -0.418. The van der Waals surface area contributed by atoms with Crippen molar-refractivity contribution in [2.75, 3.05) is 13.7 Å². The maximum atomic E-state index is 11.0. The van der Waals surface area contributed by atoms with Crippen LogP contribution in [0.15, 0.2) is 12.3 Å². The largest absolute Gasteiger partial charge is 0.394 e. The van der Waals surface area contributed by atoms with E-state index in [1.807, 2.05) is 0 Å². The van der Waals surface area contributed by atoms with Crippen molar-refractivity contribution in [3.8, 4) is 0 Å². The quantitative estimate of drug-likeness (QED) is 0.338. The van der Waals surface area contributed by atoms with Crippen molar-refractivity contribution in [2.45, 2.75) is 24.5 Å². The topological polar surface area (TPSA) is 102 Å². The molecule has 7 nitrogen and oxygen atoms in total. The number of hydrogen-bond acceptors (Lipinski definition) is 6. The lowest BCUT2D eigenvalue weighted by Crippen LogP contribution is -2.40. The Morgan fingerprint density at radius 2 is 2.17 bits per heavy atom. The van der Waals surface area contributed by atoms with Gasteiger partial charge in [0, 0.05) is 19.3 Å². The highest BCUT2D eigenvalue weighted by Crippen LogP contribution is 2.23. The second-order valence-electron chi connectivity index (χ2n) is 3.71. The maximum Gasteiger partial charge on any atom is 0.245 e. The summed E-state index contributed by atoms with van der Waals surface area (Å²) in [5, 5.41) is 30.7. The summed E-state index contributed by atoms with van der Waals surface area (Å²) in [4.78, 5) is 12.3. The Morgan fingerprint density at radius 1 is 1.50 bits per heavy atom. The molecule has 0 saturated carbocycles. The lowest BCUT2D eigenvalue weighted by molar-refractivity contribution is -0.116. The van der Waals surface area contributed by atoms with Crippen LogP contribution >= 0.6 is 12.2 Å². The molecule has 1 rings (SSSR count). The average molecular weight is 276 g/mol. The van der Waals surface area contributed by atoms with E-state index in [1.54, 1.807) is 0 Å². The zero-order valence-corrected chi connectivity index (χ0v) is 10.6. The van der Waals surface area contributed by atoms with Gasteiger partial charge in [0.25, 0.3) is 0 Å². The number of amides is 1. The smallest absolute Gasteiger partial charge is 0.245 e. The predicted octanol–water partition coefficient (Wildman–Crippen LogP) is -2.06. The third-order valence-electron chi connectivity index (χ3n) is 2.58. The molecule has 4 unspecified atom stereocenters. The molecule has 1 aliphatic heterocycles. The monoisotopic (exact) mass is 276 g/mol. The van der Waals surface area contributed by atoms with Gasteiger partial charge in [-0.3, -0.25) is 4.79 Å². The van der Waals surface area contributed by atoms with Gasteiger partial charge in [0.05, 0.1) is 12.1 Å². The van der Waals surface area contributed by atoms with Crippen molar-refractivity contribution < 1.29 is 24.9 Å². The van der Waals surface area contributed by atoms with Gasteiger partial charge in [0.15, 0.2) is 6.23 Å². The van der Waals surface area contributed by atoms with Gasteiger partial charge in [-0.1, -0.05) is 12.2 Å². The number of hydrogen-bond donors (Lipinski definition) is 4. The van der Waals surface area contributed by atoms with E-state index in [1.165, 1.54) is 29.7 Å². The zero-order chi connectivity index (χ0) is 13.7. The first kappa shape index (κ1) is 15.0. The number of ether oxygens (including phenoxy) is 1. The minimum absolute atomic E-state index is 0.344. The second kappa shape index (κ2) is 6.76. The van der Waals surface area contributed by atoms with Crippen molar-refractivity contribution in [3.63, 3.8) is 0 Å². The Hall–Kier alpha value is -1.06. The molecule has 8 heteroatoms. The van der Waals surface area contributed by atoms with Crippen molar-refractivity contribution in [1.29, 1.82) is 0 Å². The van der Waals surface area contributed by atoms with Gasteiger partial charge in [-0.05, 0) is 0 Å². The fourth-order valence-electron chi connectivity index (χ4n) is 1.54. The molecule has 4 atom stereocenters. The zero-order valence-electron chi connectivity index (χ0n) is 9.76. The highest BCUT2D eigenvalue weighted by molar-refractivity contribution is 7.78. The summed E-state index contributed by atoms with van der Waals surface area (Å²) in [7, 11) is 1.47. The molecule has 1 fully saturated rings. The molecule has 18 heavy (non-hydrogen) atoms. The number of carbonyl (C=O) groups is 1. The lowest BCUT2D eigenvalue weighted by atomic mass is 10.1. The Bertz CT molecular complexity index is 338. The van der Waals surface area contributed by atoms with Gasteiger partial charge in [0.1, 0.15) is 18.3 Å². The molecule has 1 heterocycles. The first-order valence-electron chi connectivity index (χ1n) is 5.30. The molecule has 1 amide bonds. The van der Waals surface area contributed by atoms with Crippen LogP contribution < -0.4 is 5.32 Å². The SMILES string of the molecule is CNC(=O)/C=C\N(C=S)C1OC(CO)C(O)C1O. The number of aliphatic hydroxyl groups excluding tert-OH is 3. The van der Waals surface area contributed by atoms with Crippen LogP contribution in [0.1, 0.15) is 0 Å². The first-order valence-corrected chi connectivity index (χ1v) is 5.77. The summed E-state index contributed by atoms with van der Waals surface area (Å²) in [5.41, 5.74) is 1.18. The standard InChI is InChI=1S/C10H16N2O5S/c1-11-7(14)2-3-12(5-18)10-9(16)8(15)6(4-13)17-10/h2-3,5-6,8-10,13,15-16H,4H2,1H3,(H,11,14)/b3-2-. The highest BCUT2D eigenvalue weighted by atomic mass is 32.1. The van der Waals surface area contributed by atoms with E-state index in [9.17, 15) is 15.0 Å². The van der Waals surface area contributed by atoms with Crippen LogP contribution in [-0.4, -0.2) is 69.8 Å². The van der Waals surface area contributed by atoms with E-state index in [-0.39, 0.29) is 5.91 Å². The fourth-order valence-corrected chi connectivity index (χ4v) is 1.73. The summed E-state index contributed by atoms with van der Waals surface area (Å²) in [5.74, 6) is -0.344. The third-order valence-corrected chi connectivity index (χ3v) is 2.82. The van der Waals surface area contributed by atoms with Crippen molar-refractivity contribution in [3.05, 3.63) is 12.3 Å². The lowest BCUT2D eigenvalue weighted by Gasteiger charge is -2.24. The van der Waals surface area contributed by atoms with Crippen LogP contribution in [0.3, 0.4) is 0 Å². The van der Waals surface area contributed by atoms with E-state index < -0.39 is 31.1 Å². The number of aliphatic hydroxyl groups is 3. The molecule has 0 aromatic rings. The molecule has 0 aliphatic carbocycles. The molecule has 1 aliphatic rings. The fraction of sp³-hybridized carbons (Fsp3) is 0.600. The van der Waals surface area contributed by atoms with E-state index >= 15 is 0 Å². The van der Waals surface area contributed by atoms with Crippen LogP contribution in [0.4, 0.5) is 0 Å². The van der Waals surface area contributed by atoms with Gasteiger partial charge in [0.2, 0.25) is 5.91 Å². The Balaban J connectivity index is 2.74. The molecule has 102 valence electrons. The maximum absolute atomic E-state index is 11.0. The molecule has 0 aromatic carbocycles. The van der Waals surface area contributed by atoms with Crippen LogP contribution in [0, 0.1) is 0 Å². The number of likely N-dealkylation sites (N-methyl/N-ethyl adjacent to an activating group) is 1. The number of nitrogens with one attached hydrogen (secondary N) is 1. The predicted molar refractivity (Wildman–Crippen MR) is 66.5 cm³/mol. The highest BCUT2D eigenvalue weighted by Gasteiger charge is 2.44. The Labute approximate surface area is 110 Å². The molecule has 1 saturated heterocycles. The van der Waals surface area contributed by atoms with Crippen LogP contribution in [0.2, 0.25) is 0 Å². The molecular formula is C10H16N2O5S. The normalized spacial score (nSPS) is 31.6. The minimum atomic E-state index is -1.23. The molecule has 0 aromatic heterocycles. The van der Waals surface area contributed by atoms with Gasteiger partial charge in [-0.2, -0.15) is 0 Å². The van der Waals surface area contributed by atoms with Gasteiger partial charge < -0.3 is 30.3 Å². The molecule has 0 spiro atoms. The molecule has 0 radical (unpaired) electrons. The number of rotatable bonds is 5. The number of carbonyl (C=O) groups excluding carboxylic acids is 1. The van der Waals surface area contributed by atoms with Crippen LogP contribution in [0.5, 0.6) is 0 Å². The van der Waals surface area contributed by atoms with Gasteiger partial charge in [-0.15, -0.1) is 0 Å². The Morgan fingerprint density at radius 3 is 2.61 bits per heavy atom. The van der Waals surface area contributed by atoms with E-state index in [4.69, 9.17) is 22.1 Å². The summed E-state index contributed by atoms with van der Waals surface area (Å²) >= 11 is 4.75. The van der Waals surface area contributed by atoms with Crippen molar-refractivity contribution in [1.82, 2.24) is 10.2 Å². The number of thiocarbonyl (C=S) groups is 1. The molecular weight excluding hydrogens is 260 g/mol. The minimum Gasteiger partial charge on any atom is -0.394 e. The van der Waals surface area contributed by atoms with E-state index in [0.717, 1.165) is 0 Å². The van der Waals surface area contributed by atoms with Gasteiger partial charge >= 0.3 is 0 Å². The third kappa shape index (κ3) is 3.24. The van der Waals surface area contributed by atoms with Crippen molar-refractivity contribution >= 4 is 23.6 Å². The van der Waals surface area contributed by atoms with E-state index in [0.29, 0.717) is 0 Å². The van der Waals surface area contributed by atoms with E-state index in [2.05, 4.69) is 5.32 Å². The molecule has 0 bridgehead atoms. The average Bonchev–Trinajstić information content (AvgIpc) is 2.67. The van der Waals surface area contributed by atoms with Gasteiger partial charge in [-0.25, -0.2) is 0 Å². The second-order valence-corrected chi connectivity index (χ2v) is 3.92. The summed E-state index contributed by atoms with van der Waals surface area (Å²) in [6, 6.07) is 0. The number of nitrogens with zero attached hydrogens (tertiary/aromatic N) is 1. The first-order chi connectivity index (χ1) is 8.54.